The van der Waals surface area contributed by atoms with Crippen molar-refractivity contribution in [3.8, 4) is 5.75 Å². The second-order valence-corrected chi connectivity index (χ2v) is 5.21. The summed E-state index contributed by atoms with van der Waals surface area (Å²) in [4.78, 5) is 0. The molecule has 98 valence electrons. The Bertz CT molecular complexity index is 511. The van der Waals surface area contributed by atoms with Crippen LogP contribution in [0.15, 0.2) is 22.2 Å². The van der Waals surface area contributed by atoms with Crippen molar-refractivity contribution in [3.63, 3.8) is 0 Å². The van der Waals surface area contributed by atoms with Crippen LogP contribution in [0.25, 0.3) is 6.08 Å². The van der Waals surface area contributed by atoms with E-state index in [2.05, 4.69) is 15.9 Å². The van der Waals surface area contributed by atoms with Gasteiger partial charge >= 0.3 is 6.18 Å². The van der Waals surface area contributed by atoms with E-state index in [1.54, 1.807) is 13.0 Å². The lowest BCUT2D eigenvalue weighted by Crippen LogP contribution is -2.37. The number of fused-ring (bicyclic) bond motifs is 1. The van der Waals surface area contributed by atoms with Crippen LogP contribution in [-0.4, -0.2) is 12.3 Å². The zero-order valence-electron chi connectivity index (χ0n) is 9.31. The Balaban J connectivity index is 2.53. The van der Waals surface area contributed by atoms with Crippen LogP contribution in [0.2, 0.25) is 5.02 Å². The Labute approximate surface area is 116 Å². The lowest BCUT2D eigenvalue weighted by atomic mass is 9.99. The smallest absolute Gasteiger partial charge is 0.429 e. The fourth-order valence-corrected chi connectivity index (χ4v) is 2.77. The lowest BCUT2D eigenvalue weighted by Gasteiger charge is -2.29. The van der Waals surface area contributed by atoms with E-state index < -0.39 is 12.3 Å². The highest BCUT2D eigenvalue weighted by atomic mass is 79.9. The molecule has 18 heavy (non-hydrogen) atoms. The van der Waals surface area contributed by atoms with E-state index in [0.29, 0.717) is 15.1 Å². The third-order valence-electron chi connectivity index (χ3n) is 2.66. The highest BCUT2D eigenvalue weighted by Gasteiger charge is 2.45. The van der Waals surface area contributed by atoms with Crippen LogP contribution in [0, 0.1) is 0 Å². The molecule has 1 nitrogen and oxygen atoms in total. The number of hydrogen-bond donors (Lipinski definition) is 0. The number of ether oxygens (including phenoxy) is 1. The van der Waals surface area contributed by atoms with Crippen molar-refractivity contribution >= 4 is 33.6 Å². The van der Waals surface area contributed by atoms with Crippen molar-refractivity contribution in [3.05, 3.63) is 32.8 Å². The van der Waals surface area contributed by atoms with E-state index in [1.807, 2.05) is 0 Å². The largest absolute Gasteiger partial charge is 0.475 e. The van der Waals surface area contributed by atoms with Crippen LogP contribution in [0.1, 0.15) is 18.9 Å². The van der Waals surface area contributed by atoms with Gasteiger partial charge in [-0.15, -0.1) is 0 Å². The first-order valence-electron chi connectivity index (χ1n) is 5.25. The molecule has 0 radical (unpaired) electrons. The molecule has 0 amide bonds. The number of halogens is 5. The van der Waals surface area contributed by atoms with Crippen molar-refractivity contribution < 1.29 is 17.9 Å². The molecule has 1 unspecified atom stereocenters. The van der Waals surface area contributed by atoms with Gasteiger partial charge in [-0.3, -0.25) is 0 Å². The Morgan fingerprint density at radius 2 is 2.06 bits per heavy atom. The van der Waals surface area contributed by atoms with E-state index in [1.165, 1.54) is 12.1 Å². The molecule has 0 saturated heterocycles. The summed E-state index contributed by atoms with van der Waals surface area (Å²) in [5.41, 5.74) is 0.760. The minimum absolute atomic E-state index is 0.180. The molecule has 0 fully saturated rings. The molecule has 6 heteroatoms. The summed E-state index contributed by atoms with van der Waals surface area (Å²) in [5.74, 6) is 0.180. The van der Waals surface area contributed by atoms with Crippen LogP contribution in [0.5, 0.6) is 5.75 Å². The molecule has 0 aromatic heterocycles. The summed E-state index contributed by atoms with van der Waals surface area (Å²) in [7, 11) is 0. The zero-order chi connectivity index (χ0) is 13.5. The maximum atomic E-state index is 12.9. The van der Waals surface area contributed by atoms with E-state index in [-0.39, 0.29) is 17.7 Å². The molecule has 2 rings (SSSR count). The van der Waals surface area contributed by atoms with Gasteiger partial charge in [-0.25, -0.2) is 0 Å². The fourth-order valence-electron chi connectivity index (χ4n) is 1.85. The molecular formula is C12H9BrClF3O. The first kappa shape index (κ1) is 13.7. The van der Waals surface area contributed by atoms with Gasteiger partial charge in [0.1, 0.15) is 5.75 Å². The molecule has 1 aliphatic rings. The Morgan fingerprint density at radius 3 is 2.61 bits per heavy atom. The molecule has 1 heterocycles. The predicted molar refractivity (Wildman–Crippen MR) is 67.9 cm³/mol. The molecule has 1 aromatic rings. The summed E-state index contributed by atoms with van der Waals surface area (Å²) in [6.45, 7) is 1.67. The number of alkyl halides is 3. The van der Waals surface area contributed by atoms with E-state index in [0.717, 1.165) is 0 Å². The molecule has 0 aliphatic carbocycles. The van der Waals surface area contributed by atoms with Crippen molar-refractivity contribution in [2.24, 2.45) is 0 Å². The van der Waals surface area contributed by atoms with Crippen LogP contribution < -0.4 is 4.74 Å². The monoisotopic (exact) mass is 340 g/mol. The topological polar surface area (TPSA) is 9.23 Å². The summed E-state index contributed by atoms with van der Waals surface area (Å²) in [6.07, 6.45) is -4.53. The SMILES string of the molecule is CCC1=Cc2cc(Cl)cc(Br)c2OC1C(F)(F)F. The highest BCUT2D eigenvalue weighted by molar-refractivity contribution is 9.10. The molecule has 0 N–H and O–H groups in total. The van der Waals surface area contributed by atoms with Crippen LogP contribution >= 0.6 is 27.5 Å². The van der Waals surface area contributed by atoms with Crippen LogP contribution in [0.4, 0.5) is 13.2 Å². The van der Waals surface area contributed by atoms with Gasteiger partial charge < -0.3 is 4.74 Å². The van der Waals surface area contributed by atoms with Gasteiger partial charge in [0.15, 0.2) is 0 Å². The van der Waals surface area contributed by atoms with E-state index in [9.17, 15) is 13.2 Å². The van der Waals surface area contributed by atoms with Gasteiger partial charge in [0, 0.05) is 10.6 Å². The van der Waals surface area contributed by atoms with Gasteiger partial charge in [-0.1, -0.05) is 18.5 Å². The summed E-state index contributed by atoms with van der Waals surface area (Å²) >= 11 is 9.02. The highest BCUT2D eigenvalue weighted by Crippen LogP contribution is 2.42. The maximum absolute atomic E-state index is 12.9. The number of rotatable bonds is 1. The third kappa shape index (κ3) is 2.52. The minimum atomic E-state index is -4.42. The zero-order valence-corrected chi connectivity index (χ0v) is 11.7. The van der Waals surface area contributed by atoms with Crippen LogP contribution in [0.3, 0.4) is 0 Å². The van der Waals surface area contributed by atoms with Gasteiger partial charge in [0.05, 0.1) is 4.47 Å². The number of hydrogen-bond acceptors (Lipinski definition) is 1. The summed E-state index contributed by atoms with van der Waals surface area (Å²) in [6, 6.07) is 3.10. The second kappa shape index (κ2) is 4.78. The van der Waals surface area contributed by atoms with Crippen LogP contribution in [-0.2, 0) is 0 Å². The Hall–Kier alpha value is -0.680. The van der Waals surface area contributed by atoms with Gasteiger partial charge in [0.2, 0.25) is 6.10 Å². The molecule has 0 bridgehead atoms. The average molecular weight is 342 g/mol. The molecular weight excluding hydrogens is 332 g/mol. The van der Waals surface area contributed by atoms with Gasteiger partial charge in [0.25, 0.3) is 0 Å². The average Bonchev–Trinajstić information content (AvgIpc) is 2.25. The van der Waals surface area contributed by atoms with Gasteiger partial charge in [-0.2, -0.15) is 13.2 Å². The first-order chi connectivity index (χ1) is 8.32. The van der Waals surface area contributed by atoms with Crippen molar-refractivity contribution in [1.82, 2.24) is 0 Å². The molecule has 0 spiro atoms. The Morgan fingerprint density at radius 1 is 1.39 bits per heavy atom. The predicted octanol–water partition coefficient (Wildman–Crippen LogP) is 5.22. The Kier molecular flexibility index (Phi) is 3.65. The molecule has 0 saturated carbocycles. The number of benzene rings is 1. The molecule has 1 aliphatic heterocycles. The van der Waals surface area contributed by atoms with Gasteiger partial charge in [-0.05, 0) is 46.1 Å². The summed E-state index contributed by atoms with van der Waals surface area (Å²) < 4.78 is 44.1. The standard InChI is InChI=1S/C12H9BrClF3O/c1-2-6-3-7-4-8(14)5-9(13)10(7)18-11(6)12(15,16)17/h3-5,11H,2H2,1H3. The van der Waals surface area contributed by atoms with Crippen molar-refractivity contribution in [2.75, 3.05) is 0 Å². The quantitative estimate of drug-likeness (QED) is 0.680. The fraction of sp³-hybridized carbons (Fsp3) is 0.333. The lowest BCUT2D eigenvalue weighted by molar-refractivity contribution is -0.184. The molecule has 1 aromatic carbocycles. The van der Waals surface area contributed by atoms with E-state index >= 15 is 0 Å². The first-order valence-corrected chi connectivity index (χ1v) is 6.43. The maximum Gasteiger partial charge on any atom is 0.429 e. The van der Waals surface area contributed by atoms with Crippen molar-refractivity contribution in [1.29, 1.82) is 0 Å². The molecule has 1 atom stereocenters. The van der Waals surface area contributed by atoms with Crippen molar-refractivity contribution in [2.45, 2.75) is 25.6 Å². The minimum Gasteiger partial charge on any atom is -0.475 e. The second-order valence-electron chi connectivity index (χ2n) is 3.92. The summed E-state index contributed by atoms with van der Waals surface area (Å²) in [5, 5.41) is 0.446. The van der Waals surface area contributed by atoms with E-state index in [4.69, 9.17) is 16.3 Å². The normalized spacial score (nSPS) is 19.0. The third-order valence-corrected chi connectivity index (χ3v) is 3.46.